The number of amides is 2. The lowest BCUT2D eigenvalue weighted by Crippen LogP contribution is -2.45. The summed E-state index contributed by atoms with van der Waals surface area (Å²) in [5.74, 6) is 1.33. The summed E-state index contributed by atoms with van der Waals surface area (Å²) < 4.78 is 0. The molecule has 4 nitrogen and oxygen atoms in total. The minimum absolute atomic E-state index is 0.00305. The van der Waals surface area contributed by atoms with Crippen molar-refractivity contribution in [2.24, 2.45) is 23.7 Å². The van der Waals surface area contributed by atoms with Gasteiger partial charge in [-0.3, -0.25) is 19.5 Å². The van der Waals surface area contributed by atoms with Crippen molar-refractivity contribution >= 4 is 11.8 Å². The van der Waals surface area contributed by atoms with E-state index in [9.17, 15) is 9.59 Å². The van der Waals surface area contributed by atoms with Crippen molar-refractivity contribution in [2.45, 2.75) is 91.4 Å². The zero-order valence-corrected chi connectivity index (χ0v) is 22.9. The normalized spacial score (nSPS) is 26.3. The second kappa shape index (κ2) is 13.7. The molecule has 0 aliphatic heterocycles. The Morgan fingerprint density at radius 1 is 1.22 bits per heavy atom. The van der Waals surface area contributed by atoms with Crippen LogP contribution >= 0.6 is 0 Å². The van der Waals surface area contributed by atoms with Gasteiger partial charge in [-0.2, -0.15) is 0 Å². The van der Waals surface area contributed by atoms with Gasteiger partial charge in [-0.25, -0.2) is 0 Å². The minimum atomic E-state index is -0.184. The maximum absolute atomic E-state index is 13.8. The van der Waals surface area contributed by atoms with E-state index in [2.05, 4.69) is 50.6 Å². The van der Waals surface area contributed by atoms with E-state index in [0.717, 1.165) is 37.7 Å². The van der Waals surface area contributed by atoms with E-state index in [0.29, 0.717) is 18.4 Å². The number of aromatic nitrogens is 1. The highest BCUT2D eigenvalue weighted by Gasteiger charge is 2.39. The monoisotopic (exact) mass is 490 g/mol. The van der Waals surface area contributed by atoms with Gasteiger partial charge in [0.15, 0.2) is 0 Å². The van der Waals surface area contributed by atoms with Gasteiger partial charge in [-0.1, -0.05) is 56.7 Å². The fraction of sp³-hybridized carbons (Fsp3) is 0.594. The molecule has 36 heavy (non-hydrogen) atoms. The highest BCUT2D eigenvalue weighted by atomic mass is 16.2. The van der Waals surface area contributed by atoms with Crippen LogP contribution in [0.1, 0.15) is 95.6 Å². The Morgan fingerprint density at radius 3 is 2.75 bits per heavy atom. The number of pyridine rings is 1. The summed E-state index contributed by atoms with van der Waals surface area (Å²) in [7, 11) is 0. The van der Waals surface area contributed by atoms with Crippen molar-refractivity contribution in [3.8, 4) is 0 Å². The van der Waals surface area contributed by atoms with Gasteiger partial charge >= 0.3 is 0 Å². The fourth-order valence-electron chi connectivity index (χ4n) is 6.30. The molecule has 196 valence electrons. The molecule has 0 spiro atoms. The quantitative estimate of drug-likeness (QED) is 0.318. The molecule has 0 bridgehead atoms. The predicted molar refractivity (Wildman–Crippen MR) is 148 cm³/mol. The third-order valence-corrected chi connectivity index (χ3v) is 8.53. The predicted octanol–water partition coefficient (Wildman–Crippen LogP) is 7.56. The van der Waals surface area contributed by atoms with Crippen LogP contribution in [0, 0.1) is 30.6 Å². The molecule has 5 atom stereocenters. The molecule has 0 N–H and O–H groups in total. The Balaban J connectivity index is 1.69. The molecule has 5 unspecified atom stereocenters. The third kappa shape index (κ3) is 6.83. The zero-order chi connectivity index (χ0) is 26.1. The van der Waals surface area contributed by atoms with Gasteiger partial charge in [0.1, 0.15) is 0 Å². The van der Waals surface area contributed by atoms with E-state index in [1.807, 2.05) is 31.5 Å². The molecular weight excluding hydrogens is 444 g/mol. The summed E-state index contributed by atoms with van der Waals surface area (Å²) in [6.07, 6.45) is 20.9. The molecule has 2 amide bonds. The van der Waals surface area contributed by atoms with Crippen LogP contribution in [-0.2, 0) is 9.59 Å². The molecular formula is C32H46N2O2. The first-order valence-corrected chi connectivity index (χ1v) is 14.1. The van der Waals surface area contributed by atoms with Gasteiger partial charge in [0.25, 0.3) is 0 Å². The van der Waals surface area contributed by atoms with Crippen molar-refractivity contribution in [1.29, 1.82) is 0 Å². The zero-order valence-electron chi connectivity index (χ0n) is 22.9. The highest BCUT2D eigenvalue weighted by molar-refractivity contribution is 5.97. The topological polar surface area (TPSA) is 50.3 Å². The maximum Gasteiger partial charge on any atom is 0.232 e. The molecule has 0 aromatic carbocycles. The van der Waals surface area contributed by atoms with Crippen LogP contribution in [0.25, 0.3) is 0 Å². The minimum Gasteiger partial charge on any atom is -0.282 e. The second-order valence-electron chi connectivity index (χ2n) is 10.8. The Labute approximate surface area is 219 Å². The first-order valence-electron chi connectivity index (χ1n) is 14.1. The number of carbonyl (C=O) groups excluding carboxylic acids is 2. The molecule has 1 aromatic heterocycles. The van der Waals surface area contributed by atoms with Crippen LogP contribution in [0.4, 0.5) is 0 Å². The number of aryl methyl sites for hydroxylation is 1. The number of hydrogen-bond donors (Lipinski definition) is 0. The number of rotatable bonds is 10. The van der Waals surface area contributed by atoms with Crippen LogP contribution < -0.4 is 0 Å². The number of allylic oxidation sites excluding steroid dienone is 4. The first-order chi connectivity index (χ1) is 17.4. The molecule has 1 saturated carbocycles. The number of hydrogen-bond acceptors (Lipinski definition) is 3. The average Bonchev–Trinajstić information content (AvgIpc) is 2.88. The SMILES string of the molecule is C=C1C(c2ccncc2C)CCC(C(=O)N(CCCC2CCC=CC2CCC)C(=O)C/C=C\C)C1C. The molecule has 1 heterocycles. The van der Waals surface area contributed by atoms with E-state index < -0.39 is 0 Å². The van der Waals surface area contributed by atoms with Gasteiger partial charge < -0.3 is 0 Å². The van der Waals surface area contributed by atoms with Gasteiger partial charge in [0.2, 0.25) is 11.8 Å². The van der Waals surface area contributed by atoms with E-state index in [1.54, 1.807) is 4.90 Å². The van der Waals surface area contributed by atoms with Crippen molar-refractivity contribution in [3.05, 3.63) is 66.0 Å². The molecule has 3 rings (SSSR count). The van der Waals surface area contributed by atoms with E-state index in [4.69, 9.17) is 0 Å². The molecule has 0 saturated heterocycles. The van der Waals surface area contributed by atoms with E-state index >= 15 is 0 Å². The van der Waals surface area contributed by atoms with Crippen LogP contribution in [0.2, 0.25) is 0 Å². The molecule has 2 aliphatic rings. The first kappa shape index (κ1) is 28.1. The number of imide groups is 1. The fourth-order valence-corrected chi connectivity index (χ4v) is 6.30. The van der Waals surface area contributed by atoms with Crippen LogP contribution in [-0.4, -0.2) is 28.2 Å². The van der Waals surface area contributed by atoms with Crippen molar-refractivity contribution in [1.82, 2.24) is 9.88 Å². The molecule has 1 fully saturated rings. The standard InChI is InChI=1S/C32H46N2O2/c1-6-8-16-31(35)34(21-11-15-27-14-10-9-13-26(27)12-7-2)32(36)30-18-17-29(24(4)25(30)5)28-19-20-33-22-23(28)3/h6,8-9,13,19-20,22,25-27,29-30H,4,7,10-12,14-18,21H2,1-3,5H3/b8-6-. The summed E-state index contributed by atoms with van der Waals surface area (Å²) in [5.41, 5.74) is 3.53. The van der Waals surface area contributed by atoms with Crippen LogP contribution in [0.5, 0.6) is 0 Å². The van der Waals surface area contributed by atoms with Crippen LogP contribution in [0.15, 0.2) is 54.9 Å². The molecule has 4 heteroatoms. The summed E-state index contributed by atoms with van der Waals surface area (Å²) in [6, 6.07) is 2.08. The summed E-state index contributed by atoms with van der Waals surface area (Å²) >= 11 is 0. The Morgan fingerprint density at radius 2 is 2.03 bits per heavy atom. The van der Waals surface area contributed by atoms with Gasteiger partial charge in [-0.05, 0) is 93.7 Å². The van der Waals surface area contributed by atoms with Crippen LogP contribution in [0.3, 0.4) is 0 Å². The number of carbonyl (C=O) groups is 2. The number of nitrogens with zero attached hydrogens (tertiary/aromatic N) is 2. The molecule has 0 radical (unpaired) electrons. The van der Waals surface area contributed by atoms with Crippen molar-refractivity contribution in [3.63, 3.8) is 0 Å². The Kier molecular flexibility index (Phi) is 10.7. The largest absolute Gasteiger partial charge is 0.282 e. The van der Waals surface area contributed by atoms with Gasteiger partial charge in [0.05, 0.1) is 0 Å². The lowest BCUT2D eigenvalue weighted by atomic mass is 9.68. The third-order valence-electron chi connectivity index (χ3n) is 8.53. The lowest BCUT2D eigenvalue weighted by Gasteiger charge is -2.38. The van der Waals surface area contributed by atoms with E-state index in [1.165, 1.54) is 30.4 Å². The average molecular weight is 491 g/mol. The Bertz CT molecular complexity index is 963. The maximum atomic E-state index is 13.8. The summed E-state index contributed by atoms with van der Waals surface area (Å²) in [4.78, 5) is 32.8. The molecule has 2 aliphatic carbocycles. The highest BCUT2D eigenvalue weighted by Crippen LogP contribution is 2.44. The Hall–Kier alpha value is -2.49. The summed E-state index contributed by atoms with van der Waals surface area (Å²) in [6.45, 7) is 13.3. The van der Waals surface area contributed by atoms with Crippen molar-refractivity contribution in [2.75, 3.05) is 6.54 Å². The van der Waals surface area contributed by atoms with Crippen molar-refractivity contribution < 1.29 is 9.59 Å². The van der Waals surface area contributed by atoms with E-state index in [-0.39, 0.29) is 36.0 Å². The van der Waals surface area contributed by atoms with Gasteiger partial charge in [-0.15, -0.1) is 0 Å². The lowest BCUT2D eigenvalue weighted by molar-refractivity contribution is -0.148. The summed E-state index contributed by atoms with van der Waals surface area (Å²) in [5, 5.41) is 0. The second-order valence-corrected chi connectivity index (χ2v) is 10.8. The smallest absolute Gasteiger partial charge is 0.232 e. The van der Waals surface area contributed by atoms with Gasteiger partial charge in [0, 0.05) is 37.2 Å². The molecule has 1 aromatic rings.